The first kappa shape index (κ1) is 12.3. The maximum atomic E-state index is 9.94. The molecule has 1 saturated heterocycles. The van der Waals surface area contributed by atoms with Crippen LogP contribution >= 0.6 is 0 Å². The molecule has 3 heterocycles. The maximum Gasteiger partial charge on any atom is 0.155 e. The van der Waals surface area contributed by atoms with Crippen molar-refractivity contribution in [2.24, 2.45) is 0 Å². The highest BCUT2D eigenvalue weighted by Gasteiger charge is 2.43. The van der Waals surface area contributed by atoms with Gasteiger partial charge in [0, 0.05) is 11.1 Å². The van der Waals surface area contributed by atoms with Crippen molar-refractivity contribution in [3.05, 3.63) is 18.0 Å². The molecular weight excluding hydrogens is 252 g/mol. The number of nitrogens with one attached hydrogen (secondary N) is 1. The van der Waals surface area contributed by atoms with Crippen LogP contribution in [0.1, 0.15) is 11.8 Å². The van der Waals surface area contributed by atoms with Crippen LogP contribution < -0.4 is 5.73 Å². The van der Waals surface area contributed by atoms with Crippen molar-refractivity contribution in [2.75, 3.05) is 12.3 Å². The Bertz CT molecular complexity index is 601. The zero-order valence-corrected chi connectivity index (χ0v) is 9.89. The fourth-order valence-electron chi connectivity index (χ4n) is 2.32. The molecule has 0 aliphatic carbocycles. The molecule has 0 saturated carbocycles. The Hall–Kier alpha value is -1.74. The van der Waals surface area contributed by atoms with Gasteiger partial charge in [-0.3, -0.25) is 0 Å². The van der Waals surface area contributed by atoms with E-state index in [-0.39, 0.29) is 12.4 Å². The molecule has 4 unspecified atom stereocenters. The van der Waals surface area contributed by atoms with Gasteiger partial charge in [-0.05, 0) is 6.07 Å². The number of fused-ring (bicyclic) bond motifs is 1. The third-order valence-corrected chi connectivity index (χ3v) is 3.35. The number of aromatic nitrogens is 3. The second kappa shape index (κ2) is 4.42. The minimum absolute atomic E-state index is 0.270. The van der Waals surface area contributed by atoms with Gasteiger partial charge in [-0.25, -0.2) is 0 Å². The molecule has 8 heteroatoms. The fourth-order valence-corrected chi connectivity index (χ4v) is 2.32. The maximum absolute atomic E-state index is 9.94. The van der Waals surface area contributed by atoms with Gasteiger partial charge in [0.15, 0.2) is 5.82 Å². The van der Waals surface area contributed by atoms with Crippen molar-refractivity contribution in [2.45, 2.75) is 24.4 Å². The summed E-state index contributed by atoms with van der Waals surface area (Å²) in [7, 11) is 0. The first-order valence-corrected chi connectivity index (χ1v) is 5.84. The van der Waals surface area contributed by atoms with Crippen LogP contribution in [0.2, 0.25) is 0 Å². The highest BCUT2D eigenvalue weighted by Crippen LogP contribution is 2.34. The average Bonchev–Trinajstić information content (AvgIpc) is 2.94. The molecule has 1 aliphatic rings. The SMILES string of the molecule is Nc1nncc2[nH]c(C3OC(CO)C(O)C3O)cc12. The molecule has 2 aromatic heterocycles. The lowest BCUT2D eigenvalue weighted by atomic mass is 10.1. The lowest BCUT2D eigenvalue weighted by Gasteiger charge is -2.12. The molecular formula is C11H14N4O4. The van der Waals surface area contributed by atoms with Crippen LogP contribution in [0.15, 0.2) is 12.3 Å². The van der Waals surface area contributed by atoms with Gasteiger partial charge in [-0.2, -0.15) is 5.10 Å². The van der Waals surface area contributed by atoms with E-state index >= 15 is 0 Å². The summed E-state index contributed by atoms with van der Waals surface area (Å²) in [6, 6.07) is 1.69. The van der Waals surface area contributed by atoms with Crippen LogP contribution in [0, 0.1) is 0 Å². The summed E-state index contributed by atoms with van der Waals surface area (Å²) in [5, 5.41) is 36.8. The third kappa shape index (κ3) is 1.85. The summed E-state index contributed by atoms with van der Waals surface area (Å²) in [6.45, 7) is -0.361. The summed E-state index contributed by atoms with van der Waals surface area (Å²) in [4.78, 5) is 3.01. The number of anilines is 1. The van der Waals surface area contributed by atoms with Crippen molar-refractivity contribution in [1.82, 2.24) is 15.2 Å². The number of hydrogen-bond acceptors (Lipinski definition) is 7. The number of nitrogens with two attached hydrogens (primary N) is 1. The Morgan fingerprint density at radius 1 is 1.37 bits per heavy atom. The van der Waals surface area contributed by atoms with E-state index in [1.54, 1.807) is 6.07 Å². The summed E-state index contributed by atoms with van der Waals surface area (Å²) < 4.78 is 5.43. The Morgan fingerprint density at radius 2 is 2.16 bits per heavy atom. The van der Waals surface area contributed by atoms with Gasteiger partial charge < -0.3 is 30.8 Å². The largest absolute Gasteiger partial charge is 0.394 e. The Labute approximate surface area is 107 Å². The molecule has 19 heavy (non-hydrogen) atoms. The lowest BCUT2D eigenvalue weighted by molar-refractivity contribution is -0.0237. The number of H-pyrrole nitrogens is 1. The van der Waals surface area contributed by atoms with E-state index in [2.05, 4.69) is 15.2 Å². The highest BCUT2D eigenvalue weighted by molar-refractivity contribution is 5.88. The second-order valence-electron chi connectivity index (χ2n) is 4.54. The summed E-state index contributed by atoms with van der Waals surface area (Å²) in [6.07, 6.45) is -2.29. The topological polar surface area (TPSA) is 138 Å². The standard InChI is InChI=1S/C11H14N4O4/c12-11-4-1-5(14-6(4)2-13-15-11)10-9(18)8(17)7(3-16)19-10/h1-2,7-10,14,16-18H,3H2,(H2,12,15). The summed E-state index contributed by atoms with van der Waals surface area (Å²) >= 11 is 0. The van der Waals surface area contributed by atoms with Gasteiger partial charge in [0.1, 0.15) is 24.4 Å². The lowest BCUT2D eigenvalue weighted by Crippen LogP contribution is -2.32. The molecule has 1 aliphatic heterocycles. The Balaban J connectivity index is 1.99. The van der Waals surface area contributed by atoms with Crippen molar-refractivity contribution in [1.29, 1.82) is 0 Å². The highest BCUT2D eigenvalue weighted by atomic mass is 16.6. The first-order chi connectivity index (χ1) is 9.11. The Kier molecular flexibility index (Phi) is 2.86. The van der Waals surface area contributed by atoms with Crippen LogP contribution in [0.3, 0.4) is 0 Å². The normalized spacial score (nSPS) is 31.1. The quantitative estimate of drug-likeness (QED) is 0.455. The van der Waals surface area contributed by atoms with Crippen LogP contribution in [0.4, 0.5) is 5.82 Å². The number of aliphatic hydroxyl groups is 3. The van der Waals surface area contributed by atoms with E-state index < -0.39 is 24.4 Å². The molecule has 0 bridgehead atoms. The predicted octanol–water partition coefficient (Wildman–Crippen LogP) is -1.31. The molecule has 0 spiro atoms. The average molecular weight is 266 g/mol. The van der Waals surface area contributed by atoms with Crippen LogP contribution in [0.25, 0.3) is 10.9 Å². The summed E-state index contributed by atoms with van der Waals surface area (Å²) in [5.41, 5.74) is 6.92. The molecule has 0 amide bonds. The predicted molar refractivity (Wildman–Crippen MR) is 65.0 cm³/mol. The molecule has 102 valence electrons. The van der Waals surface area contributed by atoms with Gasteiger partial charge >= 0.3 is 0 Å². The van der Waals surface area contributed by atoms with E-state index in [0.29, 0.717) is 16.6 Å². The zero-order valence-electron chi connectivity index (χ0n) is 9.89. The molecule has 0 aromatic carbocycles. The van der Waals surface area contributed by atoms with E-state index in [1.165, 1.54) is 6.20 Å². The molecule has 8 nitrogen and oxygen atoms in total. The van der Waals surface area contributed by atoms with Crippen LogP contribution in [-0.4, -0.2) is 55.4 Å². The fraction of sp³-hybridized carbons (Fsp3) is 0.455. The van der Waals surface area contributed by atoms with Crippen molar-refractivity contribution < 1.29 is 20.1 Å². The molecule has 1 fully saturated rings. The molecule has 6 N–H and O–H groups in total. The molecule has 2 aromatic rings. The first-order valence-electron chi connectivity index (χ1n) is 5.84. The summed E-state index contributed by atoms with van der Waals surface area (Å²) in [5.74, 6) is 0.270. The van der Waals surface area contributed by atoms with Gasteiger partial charge in [-0.15, -0.1) is 5.10 Å². The third-order valence-electron chi connectivity index (χ3n) is 3.35. The number of aliphatic hydroxyl groups excluding tert-OH is 3. The van der Waals surface area contributed by atoms with Gasteiger partial charge in [0.05, 0.1) is 18.3 Å². The number of nitrogen functional groups attached to an aromatic ring is 1. The van der Waals surface area contributed by atoms with Gasteiger partial charge in [0.2, 0.25) is 0 Å². The van der Waals surface area contributed by atoms with Crippen molar-refractivity contribution in [3.8, 4) is 0 Å². The number of ether oxygens (including phenoxy) is 1. The second-order valence-corrected chi connectivity index (χ2v) is 4.54. The molecule has 3 rings (SSSR count). The van der Waals surface area contributed by atoms with Crippen molar-refractivity contribution in [3.63, 3.8) is 0 Å². The minimum Gasteiger partial charge on any atom is -0.394 e. The van der Waals surface area contributed by atoms with Crippen LogP contribution in [-0.2, 0) is 4.74 Å². The van der Waals surface area contributed by atoms with Crippen molar-refractivity contribution >= 4 is 16.7 Å². The zero-order chi connectivity index (χ0) is 13.6. The molecule has 0 radical (unpaired) electrons. The molecule has 4 atom stereocenters. The Morgan fingerprint density at radius 3 is 2.79 bits per heavy atom. The number of hydrogen-bond donors (Lipinski definition) is 5. The van der Waals surface area contributed by atoms with E-state index in [1.807, 2.05) is 0 Å². The van der Waals surface area contributed by atoms with E-state index in [0.717, 1.165) is 0 Å². The number of aromatic amines is 1. The van der Waals surface area contributed by atoms with Crippen LogP contribution in [0.5, 0.6) is 0 Å². The number of nitrogens with zero attached hydrogens (tertiary/aromatic N) is 2. The van der Waals surface area contributed by atoms with Gasteiger partial charge in [-0.1, -0.05) is 0 Å². The smallest absolute Gasteiger partial charge is 0.155 e. The van der Waals surface area contributed by atoms with E-state index in [4.69, 9.17) is 15.6 Å². The monoisotopic (exact) mass is 266 g/mol. The van der Waals surface area contributed by atoms with E-state index in [9.17, 15) is 10.2 Å². The van der Waals surface area contributed by atoms with Gasteiger partial charge in [0.25, 0.3) is 0 Å². The number of rotatable bonds is 2. The minimum atomic E-state index is -1.13.